The monoisotopic (exact) mass is 504 g/mol. The molecule has 2 aromatic carbocycles. The Kier molecular flexibility index (Phi) is 8.45. The van der Waals surface area contributed by atoms with Crippen LogP contribution in [0.5, 0.6) is 23.0 Å². The molecule has 0 spiro atoms. The number of hydrogen-bond donors (Lipinski definition) is 0. The van der Waals surface area contributed by atoms with Gasteiger partial charge in [0.1, 0.15) is 5.75 Å². The van der Waals surface area contributed by atoms with Crippen LogP contribution in [0.25, 0.3) is 17.3 Å². The van der Waals surface area contributed by atoms with Crippen LogP contribution >= 0.6 is 0 Å². The smallest absolute Gasteiger partial charge is 0.246 e. The Hall–Kier alpha value is -4.27. The highest BCUT2D eigenvalue weighted by Gasteiger charge is 2.21. The molecule has 37 heavy (non-hydrogen) atoms. The largest absolute Gasteiger partial charge is 0.494 e. The summed E-state index contributed by atoms with van der Waals surface area (Å²) in [6.07, 6.45) is 3.33. The normalized spacial score (nSPS) is 13.5. The molecular weight excluding hydrogens is 472 g/mol. The molecule has 0 bridgehead atoms. The van der Waals surface area contributed by atoms with Crippen molar-refractivity contribution in [1.82, 2.24) is 15.1 Å². The van der Waals surface area contributed by atoms with Gasteiger partial charge in [-0.2, -0.15) is 0 Å². The molecule has 2 heterocycles. The van der Waals surface area contributed by atoms with Gasteiger partial charge in [-0.25, -0.2) is 0 Å². The van der Waals surface area contributed by atoms with Crippen molar-refractivity contribution in [3.63, 3.8) is 0 Å². The Morgan fingerprint density at radius 2 is 1.57 bits per heavy atom. The lowest BCUT2D eigenvalue weighted by molar-refractivity contribution is -0.126. The van der Waals surface area contributed by atoms with Gasteiger partial charge in [0, 0.05) is 37.8 Å². The lowest BCUT2D eigenvalue weighted by Gasteiger charge is -2.34. The number of piperazine rings is 1. The van der Waals surface area contributed by atoms with E-state index >= 15 is 0 Å². The number of amides is 1. The molecule has 4 rings (SSSR count). The van der Waals surface area contributed by atoms with E-state index < -0.39 is 0 Å². The lowest BCUT2D eigenvalue weighted by Crippen LogP contribution is -2.48. The first-order chi connectivity index (χ1) is 18.1. The third kappa shape index (κ3) is 6.11. The number of carbonyl (C=O) groups excluding carboxylic acids is 1. The van der Waals surface area contributed by atoms with E-state index in [0.717, 1.165) is 28.4 Å². The third-order valence-electron chi connectivity index (χ3n) is 6.13. The van der Waals surface area contributed by atoms with Crippen molar-refractivity contribution in [3.8, 4) is 34.3 Å². The molecule has 0 saturated carbocycles. The van der Waals surface area contributed by atoms with Gasteiger partial charge in [0.15, 0.2) is 17.3 Å². The Bertz CT molecular complexity index is 1200. The van der Waals surface area contributed by atoms with Gasteiger partial charge in [0.05, 0.1) is 33.6 Å². The number of carbonyl (C=O) groups is 1. The molecule has 0 unspecified atom stereocenters. The summed E-state index contributed by atoms with van der Waals surface area (Å²) < 4.78 is 21.6. The summed E-state index contributed by atoms with van der Waals surface area (Å²) in [6.45, 7) is 5.15. The molecule has 1 aromatic heterocycles. The lowest BCUT2D eigenvalue weighted by atomic mass is 10.1. The van der Waals surface area contributed by atoms with Crippen molar-refractivity contribution in [3.05, 3.63) is 60.2 Å². The summed E-state index contributed by atoms with van der Waals surface area (Å²) in [4.78, 5) is 16.8. The Labute approximate surface area is 217 Å². The second-order valence-corrected chi connectivity index (χ2v) is 8.34. The number of rotatable bonds is 9. The number of hydrogen-bond acceptors (Lipinski definition) is 8. The molecule has 9 nitrogen and oxygen atoms in total. The first-order valence-corrected chi connectivity index (χ1v) is 12.1. The summed E-state index contributed by atoms with van der Waals surface area (Å²) in [7, 11) is 4.68. The van der Waals surface area contributed by atoms with Gasteiger partial charge in [0.25, 0.3) is 0 Å². The Morgan fingerprint density at radius 1 is 0.892 bits per heavy atom. The number of nitrogens with zero attached hydrogens (tertiary/aromatic N) is 4. The van der Waals surface area contributed by atoms with Gasteiger partial charge in [-0.3, -0.25) is 4.79 Å². The van der Waals surface area contributed by atoms with Crippen LogP contribution in [-0.2, 0) is 4.79 Å². The quantitative estimate of drug-likeness (QED) is 0.405. The van der Waals surface area contributed by atoms with E-state index in [1.807, 2.05) is 48.2 Å². The van der Waals surface area contributed by atoms with Crippen molar-refractivity contribution in [2.75, 3.05) is 59.0 Å². The topological polar surface area (TPSA) is 86.3 Å². The van der Waals surface area contributed by atoms with E-state index in [-0.39, 0.29) is 5.91 Å². The fraction of sp³-hybridized carbons (Fsp3) is 0.321. The Balaban J connectivity index is 1.34. The molecule has 0 atom stereocenters. The van der Waals surface area contributed by atoms with E-state index in [1.165, 1.54) is 0 Å². The summed E-state index contributed by atoms with van der Waals surface area (Å²) in [6, 6.07) is 15.4. The van der Waals surface area contributed by atoms with Gasteiger partial charge in [-0.1, -0.05) is 0 Å². The summed E-state index contributed by atoms with van der Waals surface area (Å²) >= 11 is 0. The maximum Gasteiger partial charge on any atom is 0.246 e. The van der Waals surface area contributed by atoms with Crippen LogP contribution in [0, 0.1) is 0 Å². The molecule has 3 aromatic rings. The molecule has 194 valence electrons. The van der Waals surface area contributed by atoms with Crippen LogP contribution < -0.4 is 23.8 Å². The number of anilines is 1. The molecule has 0 aliphatic carbocycles. The summed E-state index contributed by atoms with van der Waals surface area (Å²) in [5.41, 5.74) is 2.57. The predicted molar refractivity (Wildman–Crippen MR) is 143 cm³/mol. The van der Waals surface area contributed by atoms with Crippen LogP contribution in [0.2, 0.25) is 0 Å². The molecule has 0 N–H and O–H groups in total. The minimum absolute atomic E-state index is 0.0506. The second kappa shape index (κ2) is 12.1. The highest BCUT2D eigenvalue weighted by Crippen LogP contribution is 2.38. The van der Waals surface area contributed by atoms with Crippen LogP contribution in [0.4, 0.5) is 5.82 Å². The van der Waals surface area contributed by atoms with Crippen molar-refractivity contribution in [2.45, 2.75) is 6.92 Å². The van der Waals surface area contributed by atoms with Crippen molar-refractivity contribution < 1.29 is 23.7 Å². The fourth-order valence-corrected chi connectivity index (χ4v) is 4.16. The molecule has 1 aliphatic rings. The zero-order chi connectivity index (χ0) is 26.2. The highest BCUT2D eigenvalue weighted by molar-refractivity contribution is 5.92. The minimum Gasteiger partial charge on any atom is -0.494 e. The Morgan fingerprint density at radius 3 is 2.11 bits per heavy atom. The van der Waals surface area contributed by atoms with Crippen LogP contribution in [0.15, 0.2) is 54.6 Å². The minimum atomic E-state index is -0.0506. The summed E-state index contributed by atoms with van der Waals surface area (Å²) in [5, 5.41) is 8.83. The second-order valence-electron chi connectivity index (χ2n) is 8.34. The van der Waals surface area contributed by atoms with Gasteiger partial charge in [-0.05, 0) is 67.1 Å². The first-order valence-electron chi connectivity index (χ1n) is 12.1. The van der Waals surface area contributed by atoms with Gasteiger partial charge >= 0.3 is 0 Å². The SMILES string of the molecule is CCOc1ccc(-c2ccc(N3CCN(C(=O)/C=C/c4cc(OC)c(OC)c(OC)c4)CC3)nn2)cc1. The van der Waals surface area contributed by atoms with Gasteiger partial charge in [0.2, 0.25) is 11.7 Å². The fourth-order valence-electron chi connectivity index (χ4n) is 4.16. The van der Waals surface area contributed by atoms with E-state index in [0.29, 0.717) is 50.0 Å². The zero-order valence-electron chi connectivity index (χ0n) is 21.6. The van der Waals surface area contributed by atoms with Crippen LogP contribution in [0.1, 0.15) is 12.5 Å². The maximum atomic E-state index is 12.8. The number of benzene rings is 2. The standard InChI is InChI=1S/C28H32N4O5/c1-5-37-22-9-7-21(8-10-22)23-11-12-26(30-29-23)31-14-16-32(17-15-31)27(33)13-6-20-18-24(34-2)28(36-4)25(19-20)35-3/h6-13,18-19H,5,14-17H2,1-4H3/b13-6+. The number of aromatic nitrogens is 2. The molecule has 1 fully saturated rings. The maximum absolute atomic E-state index is 12.8. The zero-order valence-corrected chi connectivity index (χ0v) is 21.6. The van der Waals surface area contributed by atoms with Gasteiger partial charge < -0.3 is 28.7 Å². The first kappa shape index (κ1) is 25.8. The van der Waals surface area contributed by atoms with E-state index in [2.05, 4.69) is 15.1 Å². The predicted octanol–water partition coefficient (Wildman–Crippen LogP) is 3.93. The number of methoxy groups -OCH3 is 3. The van der Waals surface area contributed by atoms with Crippen molar-refractivity contribution >= 4 is 17.8 Å². The van der Waals surface area contributed by atoms with Crippen molar-refractivity contribution in [1.29, 1.82) is 0 Å². The highest BCUT2D eigenvalue weighted by atomic mass is 16.5. The molecule has 9 heteroatoms. The molecule has 1 aliphatic heterocycles. The van der Waals surface area contributed by atoms with Crippen molar-refractivity contribution in [2.24, 2.45) is 0 Å². The average molecular weight is 505 g/mol. The van der Waals surface area contributed by atoms with Crippen LogP contribution in [-0.4, -0.2) is 75.1 Å². The van der Waals surface area contributed by atoms with Crippen LogP contribution in [0.3, 0.4) is 0 Å². The van der Waals surface area contributed by atoms with E-state index in [4.69, 9.17) is 18.9 Å². The third-order valence-corrected chi connectivity index (χ3v) is 6.13. The summed E-state index contributed by atoms with van der Waals surface area (Å²) in [5.74, 6) is 3.18. The number of ether oxygens (including phenoxy) is 4. The molecular formula is C28H32N4O5. The van der Waals surface area contributed by atoms with Gasteiger partial charge in [-0.15, -0.1) is 10.2 Å². The van der Waals surface area contributed by atoms with E-state index in [9.17, 15) is 4.79 Å². The average Bonchev–Trinajstić information content (AvgIpc) is 2.96. The van der Waals surface area contributed by atoms with E-state index in [1.54, 1.807) is 45.6 Å². The molecule has 1 saturated heterocycles. The molecule has 1 amide bonds. The molecule has 0 radical (unpaired) electrons.